The molecule has 35 heavy (non-hydrogen) atoms. The quantitative estimate of drug-likeness (QED) is 0.306. The molecule has 2 aromatic rings. The molecule has 1 aliphatic rings. The van der Waals surface area contributed by atoms with Crippen molar-refractivity contribution in [1.29, 1.82) is 0 Å². The van der Waals surface area contributed by atoms with E-state index >= 15 is 0 Å². The van der Waals surface area contributed by atoms with Crippen molar-refractivity contribution in [2.45, 2.75) is 57.7 Å². The van der Waals surface area contributed by atoms with E-state index in [-0.39, 0.29) is 24.6 Å². The summed E-state index contributed by atoms with van der Waals surface area (Å²) in [5, 5.41) is 11.6. The molecule has 7 nitrogen and oxygen atoms in total. The number of quaternary nitrogens is 1. The van der Waals surface area contributed by atoms with Gasteiger partial charge < -0.3 is 23.9 Å². The standard InChI is InChI=1S/C27H35ClN2O5/c1-2-34-26(33)9-6-18-30(17-5-8-25(31)32)19-14-23(15-20-30)35-27(24-7-3-4-16-29-24)21-10-12-22(28)13-11-21/h3-4,7,10-13,16,23,27H,2,5-6,8-9,14-15,17-20H2,1H3/t23?,27-,30?/m1/s1. The lowest BCUT2D eigenvalue weighted by atomic mass is 10.0. The summed E-state index contributed by atoms with van der Waals surface area (Å²) in [6.07, 6.45) is 4.94. The Kier molecular flexibility index (Phi) is 10.5. The van der Waals surface area contributed by atoms with Crippen molar-refractivity contribution in [2.75, 3.05) is 32.8 Å². The Hall–Kier alpha value is -2.48. The van der Waals surface area contributed by atoms with Crippen LogP contribution in [0.3, 0.4) is 0 Å². The second-order valence-electron chi connectivity index (χ2n) is 9.14. The van der Waals surface area contributed by atoms with E-state index in [0.29, 0.717) is 24.5 Å². The number of carboxylic acid groups (broad SMARTS) is 1. The van der Waals surface area contributed by atoms with Crippen LogP contribution in [0.25, 0.3) is 0 Å². The number of hydrogen-bond acceptors (Lipinski definition) is 6. The van der Waals surface area contributed by atoms with Crippen molar-refractivity contribution in [3.63, 3.8) is 0 Å². The summed E-state index contributed by atoms with van der Waals surface area (Å²) in [7, 11) is 0. The first kappa shape index (κ1) is 27.1. The fraction of sp³-hybridized carbons (Fsp3) is 0.519. The highest BCUT2D eigenvalue weighted by Gasteiger charge is 2.35. The van der Waals surface area contributed by atoms with Crippen LogP contribution in [0.5, 0.6) is 0 Å². The molecule has 1 aromatic carbocycles. The van der Waals surface area contributed by atoms with Gasteiger partial charge >= 0.3 is 5.97 Å². The monoisotopic (exact) mass is 502 g/mol. The van der Waals surface area contributed by atoms with Gasteiger partial charge in [-0.1, -0.05) is 29.8 Å². The minimum absolute atomic E-state index is 0.0510. The highest BCUT2D eigenvalue weighted by Crippen LogP contribution is 2.31. The number of carboxylic acids is 1. The third-order valence-electron chi connectivity index (χ3n) is 6.64. The number of rotatable bonds is 13. The first-order valence-corrected chi connectivity index (χ1v) is 12.8. The van der Waals surface area contributed by atoms with E-state index in [4.69, 9.17) is 21.1 Å². The molecule has 0 N–H and O–H groups in total. The zero-order valence-corrected chi connectivity index (χ0v) is 21.1. The van der Waals surface area contributed by atoms with E-state index in [1.54, 1.807) is 13.1 Å². The number of benzene rings is 1. The van der Waals surface area contributed by atoms with Gasteiger partial charge in [0.2, 0.25) is 0 Å². The molecule has 1 saturated heterocycles. The molecule has 1 fully saturated rings. The molecule has 0 radical (unpaired) electrons. The van der Waals surface area contributed by atoms with Gasteiger partial charge in [-0.25, -0.2) is 0 Å². The molecule has 0 bridgehead atoms. The third kappa shape index (κ3) is 8.60. The van der Waals surface area contributed by atoms with Gasteiger partial charge in [0.25, 0.3) is 0 Å². The Bertz CT molecular complexity index is 930. The Morgan fingerprint density at radius 2 is 1.77 bits per heavy atom. The van der Waals surface area contributed by atoms with Crippen LogP contribution in [0.4, 0.5) is 0 Å². The van der Waals surface area contributed by atoms with Crippen LogP contribution < -0.4 is 5.11 Å². The molecular weight excluding hydrogens is 468 g/mol. The average molecular weight is 503 g/mol. The van der Waals surface area contributed by atoms with Crippen LogP contribution >= 0.6 is 11.6 Å². The fourth-order valence-electron chi connectivity index (χ4n) is 4.82. The molecule has 0 saturated carbocycles. The van der Waals surface area contributed by atoms with Gasteiger partial charge in [-0.2, -0.15) is 0 Å². The van der Waals surface area contributed by atoms with E-state index in [0.717, 1.165) is 61.2 Å². The lowest BCUT2D eigenvalue weighted by Gasteiger charge is -2.44. The molecule has 0 amide bonds. The normalized spacial score (nSPS) is 20.8. The number of aromatic nitrogens is 1. The molecule has 1 aromatic heterocycles. The van der Waals surface area contributed by atoms with Gasteiger partial charge in [0.15, 0.2) is 0 Å². The second kappa shape index (κ2) is 13.6. The van der Waals surface area contributed by atoms with Gasteiger partial charge in [0.05, 0.1) is 51.0 Å². The van der Waals surface area contributed by atoms with Gasteiger partial charge in [-0.05, 0) is 43.2 Å². The lowest BCUT2D eigenvalue weighted by Crippen LogP contribution is -2.55. The Balaban J connectivity index is 1.65. The maximum Gasteiger partial charge on any atom is 0.305 e. The lowest BCUT2D eigenvalue weighted by molar-refractivity contribution is -0.933. The summed E-state index contributed by atoms with van der Waals surface area (Å²) in [6.45, 7) is 5.50. The molecule has 8 heteroatoms. The number of ether oxygens (including phenoxy) is 2. The van der Waals surface area contributed by atoms with Crippen LogP contribution in [0, 0.1) is 0 Å². The number of carbonyl (C=O) groups is 2. The van der Waals surface area contributed by atoms with Gasteiger partial charge in [0.1, 0.15) is 6.10 Å². The number of likely N-dealkylation sites (tertiary alicyclic amines) is 1. The molecule has 1 atom stereocenters. The van der Waals surface area contributed by atoms with Gasteiger partial charge in [-0.3, -0.25) is 9.78 Å². The molecule has 1 aliphatic heterocycles. The number of halogens is 1. The molecule has 3 rings (SSSR count). The number of hydrogen-bond donors (Lipinski definition) is 0. The number of piperidine rings is 1. The van der Waals surface area contributed by atoms with Crippen LogP contribution in [0.2, 0.25) is 5.02 Å². The van der Waals surface area contributed by atoms with E-state index in [2.05, 4.69) is 4.98 Å². The van der Waals surface area contributed by atoms with E-state index in [1.807, 2.05) is 42.5 Å². The van der Waals surface area contributed by atoms with Crippen molar-refractivity contribution in [3.05, 3.63) is 64.9 Å². The molecule has 0 unspecified atom stereocenters. The maximum absolute atomic E-state index is 11.8. The van der Waals surface area contributed by atoms with Crippen LogP contribution in [-0.2, 0) is 19.1 Å². The highest BCUT2D eigenvalue weighted by molar-refractivity contribution is 6.30. The van der Waals surface area contributed by atoms with Gasteiger partial charge in [0, 0.05) is 42.9 Å². The Morgan fingerprint density at radius 3 is 2.37 bits per heavy atom. The molecule has 0 spiro atoms. The third-order valence-corrected chi connectivity index (χ3v) is 6.89. The summed E-state index contributed by atoms with van der Waals surface area (Å²) >= 11 is 6.10. The molecule has 190 valence electrons. The minimum Gasteiger partial charge on any atom is -0.550 e. The van der Waals surface area contributed by atoms with Gasteiger partial charge in [-0.15, -0.1) is 0 Å². The first-order valence-electron chi connectivity index (χ1n) is 12.4. The number of carbonyl (C=O) groups excluding carboxylic acids is 2. The first-order chi connectivity index (χ1) is 16.9. The zero-order valence-electron chi connectivity index (χ0n) is 20.4. The largest absolute Gasteiger partial charge is 0.550 e. The fourth-order valence-corrected chi connectivity index (χ4v) is 4.94. The number of nitrogens with zero attached hydrogens (tertiary/aromatic N) is 2. The predicted molar refractivity (Wildman–Crippen MR) is 131 cm³/mol. The molecular formula is C27H35ClN2O5. The SMILES string of the molecule is CCOC(=O)CCC[N+]1(CCCC(=O)[O-])CCC(O[C@H](c2ccc(Cl)cc2)c2ccccn2)CC1. The number of esters is 1. The van der Waals surface area contributed by atoms with E-state index in [1.165, 1.54) is 0 Å². The maximum atomic E-state index is 11.8. The predicted octanol–water partition coefficient (Wildman–Crippen LogP) is 3.69. The zero-order chi connectivity index (χ0) is 25.1. The smallest absolute Gasteiger partial charge is 0.305 e. The highest BCUT2D eigenvalue weighted by atomic mass is 35.5. The van der Waals surface area contributed by atoms with E-state index in [9.17, 15) is 14.7 Å². The van der Waals surface area contributed by atoms with Crippen LogP contribution in [0.15, 0.2) is 48.7 Å². The number of aliphatic carboxylic acids is 1. The minimum atomic E-state index is -1.02. The summed E-state index contributed by atoms with van der Waals surface area (Å²) in [6, 6.07) is 13.5. The molecule has 2 heterocycles. The Labute approximate surface area is 212 Å². The van der Waals surface area contributed by atoms with Crippen molar-refractivity contribution < 1.29 is 28.7 Å². The average Bonchev–Trinajstić information content (AvgIpc) is 2.85. The summed E-state index contributed by atoms with van der Waals surface area (Å²) in [5.74, 6) is -1.20. The molecule has 0 aliphatic carbocycles. The van der Waals surface area contributed by atoms with Crippen molar-refractivity contribution >= 4 is 23.5 Å². The summed E-state index contributed by atoms with van der Waals surface area (Å²) < 4.78 is 12.5. The van der Waals surface area contributed by atoms with Crippen molar-refractivity contribution in [1.82, 2.24) is 4.98 Å². The Morgan fingerprint density at radius 1 is 1.09 bits per heavy atom. The van der Waals surface area contributed by atoms with Crippen LogP contribution in [0.1, 0.15) is 62.8 Å². The van der Waals surface area contributed by atoms with Crippen molar-refractivity contribution in [3.8, 4) is 0 Å². The van der Waals surface area contributed by atoms with Crippen molar-refractivity contribution in [2.24, 2.45) is 0 Å². The van der Waals surface area contributed by atoms with E-state index < -0.39 is 5.97 Å². The topological polar surface area (TPSA) is 88.6 Å². The second-order valence-corrected chi connectivity index (χ2v) is 9.58. The summed E-state index contributed by atoms with van der Waals surface area (Å²) in [4.78, 5) is 27.3. The number of pyridine rings is 1. The summed E-state index contributed by atoms with van der Waals surface area (Å²) in [5.41, 5.74) is 1.85. The van der Waals surface area contributed by atoms with Crippen LogP contribution in [-0.4, -0.2) is 60.3 Å².